The van der Waals surface area contributed by atoms with Gasteiger partial charge in [0.2, 0.25) is 0 Å². The molecule has 0 amide bonds. The average molecular weight is 261 g/mol. The van der Waals surface area contributed by atoms with Gasteiger partial charge in [0.25, 0.3) is 0 Å². The van der Waals surface area contributed by atoms with Crippen molar-refractivity contribution in [1.82, 2.24) is 4.90 Å². The Balaban J connectivity index is 2.47. The van der Waals surface area contributed by atoms with E-state index in [1.54, 1.807) is 0 Å². The molecule has 1 fully saturated rings. The van der Waals surface area contributed by atoms with E-state index in [1.807, 2.05) is 27.7 Å². The Kier molecular flexibility index (Phi) is 4.36. The van der Waals surface area contributed by atoms with Crippen molar-refractivity contribution in [2.75, 3.05) is 24.6 Å². The van der Waals surface area contributed by atoms with E-state index in [9.17, 15) is 13.2 Å². The summed E-state index contributed by atoms with van der Waals surface area (Å²) in [7, 11) is -2.86. The second-order valence-electron chi connectivity index (χ2n) is 5.92. The van der Waals surface area contributed by atoms with Gasteiger partial charge in [-0.05, 0) is 6.92 Å². The molecule has 0 spiro atoms. The van der Waals surface area contributed by atoms with E-state index in [2.05, 4.69) is 4.90 Å². The Morgan fingerprint density at radius 3 is 2.41 bits per heavy atom. The van der Waals surface area contributed by atoms with Gasteiger partial charge in [0.15, 0.2) is 9.84 Å². The molecule has 1 aliphatic rings. The Hall–Kier alpha value is -0.420. The van der Waals surface area contributed by atoms with Gasteiger partial charge in [0.1, 0.15) is 5.78 Å². The first-order valence-corrected chi connectivity index (χ1v) is 7.92. The predicted molar refractivity (Wildman–Crippen MR) is 68.8 cm³/mol. The van der Waals surface area contributed by atoms with E-state index < -0.39 is 9.84 Å². The molecule has 0 aliphatic carbocycles. The van der Waals surface area contributed by atoms with Gasteiger partial charge in [-0.25, -0.2) is 8.42 Å². The second kappa shape index (κ2) is 5.06. The van der Waals surface area contributed by atoms with E-state index in [0.717, 1.165) is 0 Å². The average Bonchev–Trinajstić information content (AvgIpc) is 2.13. The van der Waals surface area contributed by atoms with E-state index in [1.165, 1.54) is 0 Å². The third kappa shape index (κ3) is 4.39. The van der Waals surface area contributed by atoms with Crippen LogP contribution in [0.3, 0.4) is 0 Å². The normalized spacial score (nSPS) is 25.8. The first-order chi connectivity index (χ1) is 7.62. The number of carbonyl (C=O) groups is 1. The van der Waals surface area contributed by atoms with Crippen molar-refractivity contribution in [3.8, 4) is 0 Å². The highest BCUT2D eigenvalue weighted by Crippen LogP contribution is 2.18. The zero-order valence-electron chi connectivity index (χ0n) is 11.2. The molecule has 0 saturated carbocycles. The maximum absolute atomic E-state index is 11.8. The molecule has 0 aromatic heterocycles. The molecular weight excluding hydrogens is 238 g/mol. The minimum Gasteiger partial charge on any atom is -0.299 e. The van der Waals surface area contributed by atoms with Crippen molar-refractivity contribution >= 4 is 15.6 Å². The lowest BCUT2D eigenvalue weighted by molar-refractivity contribution is -0.126. The van der Waals surface area contributed by atoms with Crippen LogP contribution in [0.2, 0.25) is 0 Å². The third-order valence-electron chi connectivity index (χ3n) is 3.27. The number of sulfone groups is 1. The van der Waals surface area contributed by atoms with Crippen molar-refractivity contribution in [2.24, 2.45) is 5.41 Å². The summed E-state index contributed by atoms with van der Waals surface area (Å²) in [6, 6.07) is 0.0292. The minimum atomic E-state index is -2.86. The largest absolute Gasteiger partial charge is 0.299 e. The second-order valence-corrected chi connectivity index (χ2v) is 8.15. The highest BCUT2D eigenvalue weighted by Gasteiger charge is 2.29. The Bertz CT molecular complexity index is 381. The van der Waals surface area contributed by atoms with Gasteiger partial charge >= 0.3 is 0 Å². The standard InChI is InChI=1S/C12H23NO3S/c1-10-9-17(15,16)8-7-13(10)6-5-11(14)12(2,3)4/h10H,5-9H2,1-4H3. The number of hydrogen-bond donors (Lipinski definition) is 0. The fraction of sp³-hybridized carbons (Fsp3) is 0.917. The molecule has 1 rings (SSSR count). The summed E-state index contributed by atoms with van der Waals surface area (Å²) >= 11 is 0. The van der Waals surface area contributed by atoms with Gasteiger partial charge in [-0.2, -0.15) is 0 Å². The predicted octanol–water partition coefficient (Wildman–Crippen LogP) is 1.11. The summed E-state index contributed by atoms with van der Waals surface area (Å²) in [4.78, 5) is 13.9. The van der Waals surface area contributed by atoms with E-state index in [0.29, 0.717) is 19.5 Å². The topological polar surface area (TPSA) is 54.5 Å². The first-order valence-electron chi connectivity index (χ1n) is 6.09. The lowest BCUT2D eigenvalue weighted by Gasteiger charge is -2.33. The summed E-state index contributed by atoms with van der Waals surface area (Å²) < 4.78 is 22.8. The van der Waals surface area contributed by atoms with Crippen LogP contribution < -0.4 is 0 Å². The number of carbonyl (C=O) groups excluding carboxylic acids is 1. The summed E-state index contributed by atoms with van der Waals surface area (Å²) in [6.45, 7) is 8.89. The Morgan fingerprint density at radius 1 is 1.35 bits per heavy atom. The molecule has 100 valence electrons. The van der Waals surface area contributed by atoms with Crippen LogP contribution in [0.25, 0.3) is 0 Å². The molecule has 0 aromatic rings. The molecule has 0 bridgehead atoms. The maximum atomic E-state index is 11.8. The molecule has 1 heterocycles. The van der Waals surface area contributed by atoms with Crippen LogP contribution in [-0.2, 0) is 14.6 Å². The highest BCUT2D eigenvalue weighted by atomic mass is 32.2. The van der Waals surface area contributed by atoms with Gasteiger partial charge in [0, 0.05) is 31.0 Å². The van der Waals surface area contributed by atoms with Gasteiger partial charge in [-0.1, -0.05) is 20.8 Å². The fourth-order valence-corrected chi connectivity index (χ4v) is 3.61. The van der Waals surface area contributed by atoms with Gasteiger partial charge < -0.3 is 0 Å². The van der Waals surface area contributed by atoms with E-state index in [4.69, 9.17) is 0 Å². The molecule has 0 N–H and O–H groups in total. The molecule has 0 aromatic carbocycles. The molecule has 1 aliphatic heterocycles. The number of hydrogen-bond acceptors (Lipinski definition) is 4. The van der Waals surface area contributed by atoms with Crippen LogP contribution in [0.5, 0.6) is 0 Å². The Morgan fingerprint density at radius 2 is 1.94 bits per heavy atom. The van der Waals surface area contributed by atoms with Crippen molar-refractivity contribution in [3.05, 3.63) is 0 Å². The minimum absolute atomic E-state index is 0.0292. The SMILES string of the molecule is CC1CS(=O)(=O)CCN1CCC(=O)C(C)(C)C. The molecule has 1 saturated heterocycles. The van der Waals surface area contributed by atoms with E-state index in [-0.39, 0.29) is 28.7 Å². The van der Waals surface area contributed by atoms with Crippen LogP contribution in [0.15, 0.2) is 0 Å². The molecule has 0 radical (unpaired) electrons. The van der Waals surface area contributed by atoms with Crippen molar-refractivity contribution in [2.45, 2.75) is 40.2 Å². The van der Waals surface area contributed by atoms with Crippen molar-refractivity contribution < 1.29 is 13.2 Å². The van der Waals surface area contributed by atoms with Crippen LogP contribution >= 0.6 is 0 Å². The van der Waals surface area contributed by atoms with Crippen molar-refractivity contribution in [3.63, 3.8) is 0 Å². The van der Waals surface area contributed by atoms with Crippen LogP contribution in [0, 0.1) is 5.41 Å². The highest BCUT2D eigenvalue weighted by molar-refractivity contribution is 7.91. The van der Waals surface area contributed by atoms with Crippen LogP contribution in [0.1, 0.15) is 34.1 Å². The maximum Gasteiger partial charge on any atom is 0.153 e. The zero-order valence-corrected chi connectivity index (χ0v) is 12.0. The van der Waals surface area contributed by atoms with Crippen LogP contribution in [-0.4, -0.2) is 49.7 Å². The number of ketones is 1. The third-order valence-corrected chi connectivity index (χ3v) is 5.07. The van der Waals surface area contributed by atoms with Crippen LogP contribution in [0.4, 0.5) is 0 Å². The van der Waals surface area contributed by atoms with Gasteiger partial charge in [-0.15, -0.1) is 0 Å². The smallest absolute Gasteiger partial charge is 0.153 e. The molecular formula is C12H23NO3S. The molecule has 1 unspecified atom stereocenters. The summed E-state index contributed by atoms with van der Waals surface area (Å²) in [5, 5.41) is 0. The summed E-state index contributed by atoms with van der Waals surface area (Å²) in [5.74, 6) is 0.677. The quantitative estimate of drug-likeness (QED) is 0.763. The van der Waals surface area contributed by atoms with Gasteiger partial charge in [-0.3, -0.25) is 9.69 Å². The van der Waals surface area contributed by atoms with Crippen molar-refractivity contribution in [1.29, 1.82) is 0 Å². The van der Waals surface area contributed by atoms with E-state index >= 15 is 0 Å². The summed E-state index contributed by atoms with van der Waals surface area (Å²) in [5.41, 5.74) is -0.300. The molecule has 5 heteroatoms. The number of Topliss-reactive ketones (excluding diaryl/α,β-unsaturated/α-hetero) is 1. The molecule has 4 nitrogen and oxygen atoms in total. The molecule has 17 heavy (non-hydrogen) atoms. The van der Waals surface area contributed by atoms with Gasteiger partial charge in [0.05, 0.1) is 11.5 Å². The Labute approximate surface area is 104 Å². The monoisotopic (exact) mass is 261 g/mol. The first kappa shape index (κ1) is 14.6. The lowest BCUT2D eigenvalue weighted by atomic mass is 9.89. The number of nitrogens with zero attached hydrogens (tertiary/aromatic N) is 1. The fourth-order valence-electron chi connectivity index (χ4n) is 1.99. The zero-order chi connectivity index (χ0) is 13.3. The lowest BCUT2D eigenvalue weighted by Crippen LogP contribution is -2.47. The number of rotatable bonds is 3. The summed E-state index contributed by atoms with van der Waals surface area (Å²) in [6.07, 6.45) is 0.508. The molecule has 1 atom stereocenters.